The van der Waals surface area contributed by atoms with Crippen molar-refractivity contribution in [3.8, 4) is 6.07 Å². The first kappa shape index (κ1) is 16.2. The lowest BCUT2D eigenvalue weighted by Crippen LogP contribution is -2.26. The van der Waals surface area contributed by atoms with Crippen molar-refractivity contribution in [2.75, 3.05) is 13.2 Å². The van der Waals surface area contributed by atoms with Gasteiger partial charge in [-0.3, -0.25) is 14.6 Å². The summed E-state index contributed by atoms with van der Waals surface area (Å²) in [6.07, 6.45) is 4.44. The highest BCUT2D eigenvalue weighted by molar-refractivity contribution is 5.97. The molecule has 0 saturated carbocycles. The number of nitrogens with zero attached hydrogens (tertiary/aromatic N) is 2. The molecule has 0 atom stereocenters. The summed E-state index contributed by atoms with van der Waals surface area (Å²) in [6.45, 7) is 2.14. The van der Waals surface area contributed by atoms with Gasteiger partial charge in [0.05, 0.1) is 6.61 Å². The van der Waals surface area contributed by atoms with Gasteiger partial charge < -0.3 is 15.4 Å². The average molecular weight is 288 g/mol. The Bertz CT molecular complexity index is 549. The Morgan fingerprint density at radius 2 is 2.33 bits per heavy atom. The van der Waals surface area contributed by atoms with Crippen molar-refractivity contribution >= 4 is 11.9 Å². The Balaban J connectivity index is 2.46. The quantitative estimate of drug-likeness (QED) is 0.423. The van der Waals surface area contributed by atoms with Crippen molar-refractivity contribution in [3.63, 3.8) is 0 Å². The molecule has 0 aromatic carbocycles. The van der Waals surface area contributed by atoms with E-state index in [1.165, 1.54) is 6.20 Å². The van der Waals surface area contributed by atoms with Crippen LogP contribution < -0.4 is 10.6 Å². The maximum absolute atomic E-state index is 11.8. The van der Waals surface area contributed by atoms with Crippen LogP contribution in [0.25, 0.3) is 0 Å². The van der Waals surface area contributed by atoms with Crippen LogP contribution in [0.1, 0.15) is 12.5 Å². The van der Waals surface area contributed by atoms with Gasteiger partial charge in [0, 0.05) is 25.1 Å². The first-order chi connectivity index (χ1) is 10.2. The second-order valence-corrected chi connectivity index (χ2v) is 3.90. The molecule has 0 unspecified atom stereocenters. The van der Waals surface area contributed by atoms with Crippen LogP contribution in [0.15, 0.2) is 36.3 Å². The van der Waals surface area contributed by atoms with Gasteiger partial charge in [0.25, 0.3) is 5.91 Å². The molecule has 0 fully saturated rings. The minimum atomic E-state index is -0.530. The molecule has 2 N–H and O–H groups in total. The Morgan fingerprint density at radius 3 is 2.95 bits per heavy atom. The lowest BCUT2D eigenvalue weighted by atomic mass is 10.2. The van der Waals surface area contributed by atoms with Gasteiger partial charge in [0.15, 0.2) is 0 Å². The van der Waals surface area contributed by atoms with Crippen LogP contribution in [0.2, 0.25) is 0 Å². The minimum Gasteiger partial charge on any atom is -0.465 e. The molecular formula is C14H16N4O3. The fourth-order valence-electron chi connectivity index (χ4n) is 1.38. The monoisotopic (exact) mass is 288 g/mol. The molecule has 1 aromatic rings. The van der Waals surface area contributed by atoms with Crippen LogP contribution in [0.5, 0.6) is 0 Å². The number of hydrogen-bond donors (Lipinski definition) is 2. The summed E-state index contributed by atoms with van der Waals surface area (Å²) in [7, 11) is 0. The SMILES string of the molecule is CCOC(=O)CN/C=C(/C#N)C(=O)NCc1cccnc1. The normalized spacial score (nSPS) is 10.4. The summed E-state index contributed by atoms with van der Waals surface area (Å²) in [6, 6.07) is 5.32. The van der Waals surface area contributed by atoms with Crippen LogP contribution in [-0.2, 0) is 20.9 Å². The van der Waals surface area contributed by atoms with Gasteiger partial charge in [0.2, 0.25) is 0 Å². The highest BCUT2D eigenvalue weighted by Gasteiger charge is 2.08. The van der Waals surface area contributed by atoms with E-state index in [4.69, 9.17) is 10.00 Å². The molecular weight excluding hydrogens is 272 g/mol. The van der Waals surface area contributed by atoms with Crippen LogP contribution in [0.4, 0.5) is 0 Å². The first-order valence-corrected chi connectivity index (χ1v) is 6.33. The van der Waals surface area contributed by atoms with E-state index in [2.05, 4.69) is 15.6 Å². The molecule has 1 rings (SSSR count). The van der Waals surface area contributed by atoms with E-state index in [1.807, 2.05) is 6.07 Å². The molecule has 0 radical (unpaired) electrons. The van der Waals surface area contributed by atoms with Crippen molar-refractivity contribution in [3.05, 3.63) is 41.9 Å². The molecule has 1 heterocycles. The summed E-state index contributed by atoms with van der Waals surface area (Å²) in [5.74, 6) is -0.987. The molecule has 7 heteroatoms. The molecule has 1 amide bonds. The third-order valence-electron chi connectivity index (χ3n) is 2.34. The van der Waals surface area contributed by atoms with Gasteiger partial charge >= 0.3 is 5.97 Å². The van der Waals surface area contributed by atoms with Crippen molar-refractivity contribution in [2.24, 2.45) is 0 Å². The van der Waals surface area contributed by atoms with Crippen molar-refractivity contribution in [2.45, 2.75) is 13.5 Å². The fourth-order valence-corrected chi connectivity index (χ4v) is 1.38. The lowest BCUT2D eigenvalue weighted by molar-refractivity contribution is -0.141. The zero-order valence-corrected chi connectivity index (χ0v) is 11.6. The third kappa shape index (κ3) is 6.20. The van der Waals surface area contributed by atoms with Gasteiger partial charge in [-0.25, -0.2) is 0 Å². The summed E-state index contributed by atoms with van der Waals surface area (Å²) < 4.78 is 4.70. The average Bonchev–Trinajstić information content (AvgIpc) is 2.50. The van der Waals surface area contributed by atoms with Gasteiger partial charge in [-0.05, 0) is 18.6 Å². The maximum atomic E-state index is 11.8. The van der Waals surface area contributed by atoms with Crippen molar-refractivity contribution in [1.29, 1.82) is 5.26 Å². The Hall–Kier alpha value is -2.88. The van der Waals surface area contributed by atoms with Crippen LogP contribution in [0, 0.1) is 11.3 Å². The molecule has 0 bridgehead atoms. The second kappa shape index (κ2) is 9.09. The minimum absolute atomic E-state index is 0.102. The summed E-state index contributed by atoms with van der Waals surface area (Å²) in [5, 5.41) is 14.1. The molecule has 0 aliphatic heterocycles. The predicted molar refractivity (Wildman–Crippen MR) is 74.4 cm³/mol. The Morgan fingerprint density at radius 1 is 1.52 bits per heavy atom. The van der Waals surface area contributed by atoms with E-state index in [9.17, 15) is 9.59 Å². The number of nitrogens with one attached hydrogen (secondary N) is 2. The highest BCUT2D eigenvalue weighted by Crippen LogP contribution is 1.96. The van der Waals surface area contributed by atoms with Crippen LogP contribution >= 0.6 is 0 Å². The fraction of sp³-hybridized carbons (Fsp3) is 0.286. The Labute approximate surface area is 122 Å². The summed E-state index contributed by atoms with van der Waals surface area (Å²) in [5.41, 5.74) is 0.700. The van der Waals surface area contributed by atoms with E-state index in [-0.39, 0.29) is 25.3 Å². The topological polar surface area (TPSA) is 104 Å². The van der Waals surface area contributed by atoms with E-state index < -0.39 is 11.9 Å². The number of amides is 1. The van der Waals surface area contributed by atoms with Gasteiger partial charge in [-0.1, -0.05) is 6.07 Å². The molecule has 0 spiro atoms. The second-order valence-electron chi connectivity index (χ2n) is 3.90. The number of ether oxygens (including phenoxy) is 1. The molecule has 21 heavy (non-hydrogen) atoms. The standard InChI is InChI=1S/C14H16N4O3/c1-2-21-13(19)10-17-9-12(6-15)14(20)18-8-11-4-3-5-16-7-11/h3-5,7,9,17H,2,8,10H2,1H3,(H,18,20)/b12-9-. The number of nitriles is 1. The van der Waals surface area contributed by atoms with Crippen molar-refractivity contribution < 1.29 is 14.3 Å². The van der Waals surface area contributed by atoms with E-state index in [0.29, 0.717) is 0 Å². The van der Waals surface area contributed by atoms with Crippen LogP contribution in [-0.4, -0.2) is 30.0 Å². The van der Waals surface area contributed by atoms with Gasteiger partial charge in [-0.15, -0.1) is 0 Å². The highest BCUT2D eigenvalue weighted by atomic mass is 16.5. The smallest absolute Gasteiger partial charge is 0.325 e. The molecule has 0 saturated heterocycles. The summed E-state index contributed by atoms with van der Waals surface area (Å²) >= 11 is 0. The molecule has 110 valence electrons. The number of carbonyl (C=O) groups is 2. The molecule has 0 aliphatic rings. The number of carbonyl (C=O) groups excluding carboxylic acids is 2. The summed E-state index contributed by atoms with van der Waals surface area (Å²) in [4.78, 5) is 26.8. The Kier molecular flexibility index (Phi) is 7.00. The third-order valence-corrected chi connectivity index (χ3v) is 2.34. The van der Waals surface area contributed by atoms with Gasteiger partial charge in [0.1, 0.15) is 18.2 Å². The number of pyridine rings is 1. The number of rotatable bonds is 7. The van der Waals surface area contributed by atoms with Gasteiger partial charge in [-0.2, -0.15) is 5.26 Å². The zero-order chi connectivity index (χ0) is 15.5. The number of hydrogen-bond acceptors (Lipinski definition) is 6. The van der Waals surface area contributed by atoms with E-state index >= 15 is 0 Å². The maximum Gasteiger partial charge on any atom is 0.325 e. The van der Waals surface area contributed by atoms with E-state index in [1.54, 1.807) is 31.5 Å². The largest absolute Gasteiger partial charge is 0.465 e. The lowest BCUT2D eigenvalue weighted by Gasteiger charge is -2.05. The zero-order valence-electron chi connectivity index (χ0n) is 11.6. The first-order valence-electron chi connectivity index (χ1n) is 6.33. The molecule has 7 nitrogen and oxygen atoms in total. The van der Waals surface area contributed by atoms with E-state index in [0.717, 1.165) is 5.56 Å². The molecule has 0 aliphatic carbocycles. The number of aromatic nitrogens is 1. The predicted octanol–water partition coefficient (Wildman–Crippen LogP) is 0.258. The number of esters is 1. The van der Waals surface area contributed by atoms with Crippen molar-refractivity contribution in [1.82, 2.24) is 15.6 Å². The van der Waals surface area contributed by atoms with Crippen LogP contribution in [0.3, 0.4) is 0 Å². The molecule has 1 aromatic heterocycles.